The van der Waals surface area contributed by atoms with Crippen molar-refractivity contribution in [3.05, 3.63) is 25.3 Å². The molecular formula is C22H38. The molecule has 0 aromatic heterocycles. The molecule has 2 rings (SSSR count). The second-order valence-corrected chi connectivity index (χ2v) is 8.11. The third-order valence-electron chi connectivity index (χ3n) is 6.41. The van der Waals surface area contributed by atoms with Gasteiger partial charge in [-0.25, -0.2) is 0 Å². The Kier molecular flexibility index (Phi) is 8.34. The van der Waals surface area contributed by atoms with E-state index in [1.54, 1.807) is 0 Å². The van der Waals surface area contributed by atoms with E-state index in [0.717, 1.165) is 23.7 Å². The van der Waals surface area contributed by atoms with Crippen molar-refractivity contribution in [2.24, 2.45) is 23.7 Å². The second-order valence-electron chi connectivity index (χ2n) is 8.11. The largest absolute Gasteiger partial charge is 0.103 e. The SMILES string of the molecule is C=CCC1CCC(CCCC[C@H]2CC[C@H](CC=C)CC2)CC1. The van der Waals surface area contributed by atoms with E-state index in [2.05, 4.69) is 25.3 Å². The first-order valence-corrected chi connectivity index (χ1v) is 10.0. The summed E-state index contributed by atoms with van der Waals surface area (Å²) in [6.45, 7) is 7.78. The van der Waals surface area contributed by atoms with Crippen LogP contribution in [0.4, 0.5) is 0 Å². The summed E-state index contributed by atoms with van der Waals surface area (Å²) in [6, 6.07) is 0. The third-order valence-corrected chi connectivity index (χ3v) is 6.41. The van der Waals surface area contributed by atoms with Gasteiger partial charge >= 0.3 is 0 Å². The molecule has 0 aromatic carbocycles. The Hall–Kier alpha value is -0.520. The summed E-state index contributed by atoms with van der Waals surface area (Å²) in [5.41, 5.74) is 0. The number of hydrogen-bond acceptors (Lipinski definition) is 0. The van der Waals surface area contributed by atoms with Crippen molar-refractivity contribution in [1.29, 1.82) is 0 Å². The van der Waals surface area contributed by atoms with Crippen LogP contribution >= 0.6 is 0 Å². The fourth-order valence-corrected chi connectivity index (χ4v) is 4.85. The molecule has 0 saturated heterocycles. The number of unbranched alkanes of at least 4 members (excludes halogenated alkanes) is 1. The average molecular weight is 303 g/mol. The van der Waals surface area contributed by atoms with Crippen LogP contribution in [0.25, 0.3) is 0 Å². The summed E-state index contributed by atoms with van der Waals surface area (Å²) in [5.74, 6) is 4.01. The minimum absolute atomic E-state index is 0.958. The van der Waals surface area contributed by atoms with Crippen molar-refractivity contribution < 1.29 is 0 Å². The molecule has 0 N–H and O–H groups in total. The molecule has 0 heterocycles. The molecule has 0 heteroatoms. The molecule has 0 atom stereocenters. The second kappa shape index (κ2) is 10.3. The molecular weight excluding hydrogens is 264 g/mol. The van der Waals surface area contributed by atoms with Gasteiger partial charge in [0.15, 0.2) is 0 Å². The van der Waals surface area contributed by atoms with Crippen LogP contribution in [0.5, 0.6) is 0 Å². The molecule has 0 amide bonds. The Morgan fingerprint density at radius 1 is 0.545 bits per heavy atom. The Morgan fingerprint density at radius 3 is 1.18 bits per heavy atom. The fourth-order valence-electron chi connectivity index (χ4n) is 4.85. The molecule has 0 bridgehead atoms. The predicted molar refractivity (Wildman–Crippen MR) is 99.0 cm³/mol. The quantitative estimate of drug-likeness (QED) is 0.309. The van der Waals surface area contributed by atoms with Crippen LogP contribution in [0.3, 0.4) is 0 Å². The van der Waals surface area contributed by atoms with Crippen molar-refractivity contribution in [2.75, 3.05) is 0 Å². The lowest BCUT2D eigenvalue weighted by atomic mass is 9.77. The van der Waals surface area contributed by atoms with Crippen molar-refractivity contribution >= 4 is 0 Å². The van der Waals surface area contributed by atoms with Gasteiger partial charge in [-0.2, -0.15) is 0 Å². The van der Waals surface area contributed by atoms with Crippen molar-refractivity contribution in [3.8, 4) is 0 Å². The molecule has 126 valence electrons. The van der Waals surface area contributed by atoms with Crippen LogP contribution in [-0.2, 0) is 0 Å². The zero-order valence-electron chi connectivity index (χ0n) is 14.8. The van der Waals surface area contributed by atoms with Crippen molar-refractivity contribution in [2.45, 2.75) is 89.9 Å². The molecule has 0 nitrogen and oxygen atoms in total. The van der Waals surface area contributed by atoms with E-state index >= 15 is 0 Å². The van der Waals surface area contributed by atoms with E-state index in [9.17, 15) is 0 Å². The van der Waals surface area contributed by atoms with Gasteiger partial charge in [-0.1, -0.05) is 63.5 Å². The summed E-state index contributed by atoms with van der Waals surface area (Å²) >= 11 is 0. The van der Waals surface area contributed by atoms with E-state index in [4.69, 9.17) is 0 Å². The first kappa shape index (κ1) is 17.8. The highest BCUT2D eigenvalue weighted by atomic mass is 14.3. The maximum atomic E-state index is 3.89. The van der Waals surface area contributed by atoms with Crippen LogP contribution in [-0.4, -0.2) is 0 Å². The van der Waals surface area contributed by atoms with E-state index in [-0.39, 0.29) is 0 Å². The molecule has 0 unspecified atom stereocenters. The fraction of sp³-hybridized carbons (Fsp3) is 0.818. The Bertz CT molecular complexity index is 268. The Balaban J connectivity index is 1.48. The summed E-state index contributed by atoms with van der Waals surface area (Å²) < 4.78 is 0. The monoisotopic (exact) mass is 302 g/mol. The van der Waals surface area contributed by atoms with Crippen molar-refractivity contribution in [1.82, 2.24) is 0 Å². The highest BCUT2D eigenvalue weighted by molar-refractivity contribution is 4.80. The minimum Gasteiger partial charge on any atom is -0.103 e. The molecule has 2 aliphatic rings. The maximum Gasteiger partial charge on any atom is -0.0325 e. The van der Waals surface area contributed by atoms with E-state index in [1.165, 1.54) is 89.9 Å². The predicted octanol–water partition coefficient (Wildman–Crippen LogP) is 7.31. The molecule has 2 aliphatic carbocycles. The summed E-state index contributed by atoms with van der Waals surface area (Å²) in [6.07, 6.45) is 24.5. The summed E-state index contributed by atoms with van der Waals surface area (Å²) in [7, 11) is 0. The molecule has 0 radical (unpaired) electrons. The highest BCUT2D eigenvalue weighted by Gasteiger charge is 2.21. The van der Waals surface area contributed by atoms with E-state index in [0.29, 0.717) is 0 Å². The maximum absolute atomic E-state index is 3.89. The van der Waals surface area contributed by atoms with E-state index in [1.807, 2.05) is 0 Å². The van der Waals surface area contributed by atoms with Crippen LogP contribution in [0.1, 0.15) is 89.9 Å². The van der Waals surface area contributed by atoms with Crippen LogP contribution < -0.4 is 0 Å². The molecule has 0 aliphatic heterocycles. The number of rotatable bonds is 9. The van der Waals surface area contributed by atoms with Crippen molar-refractivity contribution in [3.63, 3.8) is 0 Å². The Labute approximate surface area is 139 Å². The summed E-state index contributed by atoms with van der Waals surface area (Å²) in [5, 5.41) is 0. The zero-order valence-corrected chi connectivity index (χ0v) is 14.8. The van der Waals surface area contributed by atoms with Gasteiger partial charge < -0.3 is 0 Å². The molecule has 22 heavy (non-hydrogen) atoms. The summed E-state index contributed by atoms with van der Waals surface area (Å²) in [4.78, 5) is 0. The van der Waals surface area contributed by atoms with Gasteiger partial charge in [-0.3, -0.25) is 0 Å². The van der Waals surface area contributed by atoms with Gasteiger partial charge in [0.25, 0.3) is 0 Å². The van der Waals surface area contributed by atoms with Gasteiger partial charge in [0, 0.05) is 0 Å². The normalized spacial score (nSPS) is 32.5. The number of hydrogen-bond donors (Lipinski definition) is 0. The minimum atomic E-state index is 0.958. The van der Waals surface area contributed by atoms with Crippen LogP contribution in [0.15, 0.2) is 25.3 Å². The third kappa shape index (κ3) is 6.31. The van der Waals surface area contributed by atoms with Gasteiger partial charge in [-0.15, -0.1) is 13.2 Å². The number of allylic oxidation sites excluding steroid dienone is 2. The van der Waals surface area contributed by atoms with Gasteiger partial charge in [0.05, 0.1) is 0 Å². The molecule has 2 saturated carbocycles. The first-order valence-electron chi connectivity index (χ1n) is 10.0. The average Bonchev–Trinajstić information content (AvgIpc) is 2.55. The molecule has 0 aromatic rings. The lowest BCUT2D eigenvalue weighted by Gasteiger charge is -2.29. The smallest absolute Gasteiger partial charge is 0.0325 e. The van der Waals surface area contributed by atoms with Crippen LogP contribution in [0, 0.1) is 23.7 Å². The highest BCUT2D eigenvalue weighted by Crippen LogP contribution is 2.36. The zero-order chi connectivity index (χ0) is 15.6. The Morgan fingerprint density at radius 2 is 0.864 bits per heavy atom. The molecule has 0 spiro atoms. The van der Waals surface area contributed by atoms with Gasteiger partial charge in [-0.05, 0) is 62.2 Å². The van der Waals surface area contributed by atoms with Gasteiger partial charge in [0.1, 0.15) is 0 Å². The van der Waals surface area contributed by atoms with E-state index < -0.39 is 0 Å². The van der Waals surface area contributed by atoms with Crippen LogP contribution in [0.2, 0.25) is 0 Å². The standard InChI is InChI=1S/C22H38/c1-3-7-19-11-15-21(16-12-19)9-5-6-10-22-17-13-20(8-4-2)14-18-22/h3-4,19-22H,1-2,5-18H2/t19-,20?,21-,22?. The van der Waals surface area contributed by atoms with Gasteiger partial charge in [0.2, 0.25) is 0 Å². The lowest BCUT2D eigenvalue weighted by molar-refractivity contribution is 0.243. The topological polar surface area (TPSA) is 0 Å². The first-order chi connectivity index (χ1) is 10.8. The lowest BCUT2D eigenvalue weighted by Crippen LogP contribution is -2.15. The molecule has 2 fully saturated rings.